The minimum absolute atomic E-state index is 0.0972. The number of benzene rings is 1. The fraction of sp³-hybridized carbons (Fsp3) is 0.417. The third-order valence-corrected chi connectivity index (χ3v) is 1.76. The molecular formula is C12H16ClNO. The Morgan fingerprint density at radius 1 is 1.33 bits per heavy atom. The highest BCUT2D eigenvalue weighted by molar-refractivity contribution is 6.19. The summed E-state index contributed by atoms with van der Waals surface area (Å²) in [4.78, 5) is 0. The minimum Gasteiger partial charge on any atom is -0.508 e. The van der Waals surface area contributed by atoms with Gasteiger partial charge in [-0.25, -0.2) is 0 Å². The van der Waals surface area contributed by atoms with Crippen LogP contribution in [-0.2, 0) is 6.42 Å². The van der Waals surface area contributed by atoms with Gasteiger partial charge in [0.2, 0.25) is 0 Å². The van der Waals surface area contributed by atoms with Crippen LogP contribution in [0.4, 0.5) is 0 Å². The number of aromatic hydroxyl groups is 1. The highest BCUT2D eigenvalue weighted by atomic mass is 35.5. The largest absolute Gasteiger partial charge is 0.508 e. The quantitative estimate of drug-likeness (QED) is 0.785. The van der Waals surface area contributed by atoms with Crippen LogP contribution in [-0.4, -0.2) is 11.0 Å². The molecule has 0 fully saturated rings. The lowest BCUT2D eigenvalue weighted by Gasteiger charge is -2.03. The summed E-state index contributed by atoms with van der Waals surface area (Å²) in [6.45, 7) is 4.37. The summed E-state index contributed by atoms with van der Waals surface area (Å²) in [5.41, 5.74) is 1.29. The number of hydrogen-bond donors (Lipinski definition) is 1. The molecule has 0 saturated heterocycles. The van der Waals surface area contributed by atoms with Crippen molar-refractivity contribution in [3.05, 3.63) is 29.8 Å². The fourth-order valence-electron chi connectivity index (χ4n) is 1.10. The number of phenols is 1. The van der Waals surface area contributed by atoms with Gasteiger partial charge in [-0.1, -0.05) is 26.0 Å². The zero-order valence-corrected chi connectivity index (χ0v) is 9.83. The van der Waals surface area contributed by atoms with Crippen molar-refractivity contribution in [1.82, 2.24) is 0 Å². The summed E-state index contributed by atoms with van der Waals surface area (Å²) in [5.74, 6) is 1.12. The first-order valence-corrected chi connectivity index (χ1v) is 5.34. The number of alkyl halides is 1. The number of nitriles is 1. The van der Waals surface area contributed by atoms with Crippen molar-refractivity contribution in [2.75, 3.05) is 5.88 Å². The molecule has 0 heterocycles. The Balaban J connectivity index is 0.000000423. The number of hydrogen-bond acceptors (Lipinski definition) is 2. The number of rotatable bonds is 2. The first kappa shape index (κ1) is 13.8. The standard InChI is InChI=1S/C10H14O.C2H2ClN/c1-8(2)7-9-3-5-10(11)6-4-9;3-1-2-4/h3-6,8,11H,7H2,1-2H3;1H2. The summed E-state index contributed by atoms with van der Waals surface area (Å²) >= 11 is 4.82. The van der Waals surface area contributed by atoms with E-state index in [1.54, 1.807) is 18.2 Å². The highest BCUT2D eigenvalue weighted by Crippen LogP contribution is 2.12. The molecule has 3 heteroatoms. The van der Waals surface area contributed by atoms with Gasteiger partial charge in [-0.3, -0.25) is 0 Å². The van der Waals surface area contributed by atoms with Crippen LogP contribution in [0.15, 0.2) is 24.3 Å². The van der Waals surface area contributed by atoms with E-state index in [1.165, 1.54) is 5.56 Å². The molecule has 0 atom stereocenters. The monoisotopic (exact) mass is 225 g/mol. The first-order chi connectivity index (χ1) is 7.10. The van der Waals surface area contributed by atoms with Gasteiger partial charge in [0.15, 0.2) is 0 Å². The molecule has 1 rings (SSSR count). The maximum Gasteiger partial charge on any atom is 0.115 e. The molecule has 0 saturated carbocycles. The molecule has 2 nitrogen and oxygen atoms in total. The van der Waals surface area contributed by atoms with E-state index in [0.29, 0.717) is 11.7 Å². The van der Waals surface area contributed by atoms with E-state index in [4.69, 9.17) is 22.0 Å². The number of phenolic OH excluding ortho intramolecular Hbond substituents is 1. The van der Waals surface area contributed by atoms with Gasteiger partial charge in [-0.15, -0.1) is 11.6 Å². The van der Waals surface area contributed by atoms with E-state index in [-0.39, 0.29) is 5.88 Å². The Labute approximate surface area is 96.1 Å². The van der Waals surface area contributed by atoms with Gasteiger partial charge < -0.3 is 5.11 Å². The molecule has 0 amide bonds. The second kappa shape index (κ2) is 8.14. The summed E-state index contributed by atoms with van der Waals surface area (Å²) in [5, 5.41) is 16.5. The van der Waals surface area contributed by atoms with Crippen molar-refractivity contribution in [3.63, 3.8) is 0 Å². The Bertz CT molecular complexity index is 300. The molecule has 0 aliphatic rings. The number of halogens is 1. The highest BCUT2D eigenvalue weighted by Gasteiger charge is 1.96. The van der Waals surface area contributed by atoms with Gasteiger partial charge in [0.1, 0.15) is 11.6 Å². The zero-order chi connectivity index (χ0) is 11.7. The smallest absolute Gasteiger partial charge is 0.115 e. The van der Waals surface area contributed by atoms with Crippen LogP contribution in [0.5, 0.6) is 5.75 Å². The summed E-state index contributed by atoms with van der Waals surface area (Å²) in [6.07, 6.45) is 1.08. The SMILES string of the molecule is CC(C)Cc1ccc(O)cc1.N#CCCl. The van der Waals surface area contributed by atoms with E-state index in [1.807, 2.05) is 12.1 Å². The molecule has 0 aromatic heterocycles. The Hall–Kier alpha value is -1.20. The fourth-order valence-corrected chi connectivity index (χ4v) is 1.10. The number of nitrogens with zero attached hydrogens (tertiary/aromatic N) is 1. The van der Waals surface area contributed by atoms with Crippen molar-refractivity contribution in [3.8, 4) is 11.8 Å². The lowest BCUT2D eigenvalue weighted by molar-refractivity contribution is 0.475. The second-order valence-electron chi connectivity index (χ2n) is 3.56. The Kier molecular flexibility index (Phi) is 7.49. The maximum absolute atomic E-state index is 8.99. The third-order valence-electron chi connectivity index (χ3n) is 1.64. The van der Waals surface area contributed by atoms with E-state index in [0.717, 1.165) is 6.42 Å². The van der Waals surface area contributed by atoms with Crippen LogP contribution < -0.4 is 0 Å². The van der Waals surface area contributed by atoms with Crippen LogP contribution in [0, 0.1) is 17.2 Å². The van der Waals surface area contributed by atoms with E-state index in [9.17, 15) is 0 Å². The molecule has 0 unspecified atom stereocenters. The minimum atomic E-state index is 0.0972. The molecule has 15 heavy (non-hydrogen) atoms. The van der Waals surface area contributed by atoms with Crippen LogP contribution in [0.2, 0.25) is 0 Å². The zero-order valence-electron chi connectivity index (χ0n) is 9.07. The topological polar surface area (TPSA) is 44.0 Å². The first-order valence-electron chi connectivity index (χ1n) is 4.81. The summed E-state index contributed by atoms with van der Waals surface area (Å²) in [7, 11) is 0. The van der Waals surface area contributed by atoms with Crippen LogP contribution in [0.1, 0.15) is 19.4 Å². The summed E-state index contributed by atoms with van der Waals surface area (Å²) < 4.78 is 0. The predicted molar refractivity (Wildman–Crippen MR) is 63.0 cm³/mol. The van der Waals surface area contributed by atoms with Gasteiger partial charge in [0, 0.05) is 0 Å². The van der Waals surface area contributed by atoms with E-state index in [2.05, 4.69) is 13.8 Å². The Morgan fingerprint density at radius 2 is 1.80 bits per heavy atom. The summed E-state index contributed by atoms with van der Waals surface area (Å²) in [6, 6.07) is 9.10. The molecular weight excluding hydrogens is 210 g/mol. The van der Waals surface area contributed by atoms with Gasteiger partial charge in [0.05, 0.1) is 6.07 Å². The van der Waals surface area contributed by atoms with Gasteiger partial charge in [-0.2, -0.15) is 5.26 Å². The second-order valence-corrected chi connectivity index (χ2v) is 3.82. The molecule has 0 aliphatic carbocycles. The normalized spacial score (nSPS) is 9.00. The van der Waals surface area contributed by atoms with Crippen molar-refractivity contribution in [2.45, 2.75) is 20.3 Å². The molecule has 1 aromatic carbocycles. The van der Waals surface area contributed by atoms with Crippen molar-refractivity contribution < 1.29 is 5.11 Å². The van der Waals surface area contributed by atoms with Crippen molar-refractivity contribution in [1.29, 1.82) is 5.26 Å². The lowest BCUT2D eigenvalue weighted by Crippen LogP contribution is -1.92. The third kappa shape index (κ3) is 7.84. The molecule has 0 spiro atoms. The van der Waals surface area contributed by atoms with Gasteiger partial charge in [0.25, 0.3) is 0 Å². The molecule has 1 N–H and O–H groups in total. The van der Waals surface area contributed by atoms with E-state index < -0.39 is 0 Å². The molecule has 82 valence electrons. The van der Waals surface area contributed by atoms with Crippen molar-refractivity contribution >= 4 is 11.6 Å². The Morgan fingerprint density at radius 3 is 2.13 bits per heavy atom. The molecule has 0 radical (unpaired) electrons. The van der Waals surface area contributed by atoms with Gasteiger partial charge >= 0.3 is 0 Å². The lowest BCUT2D eigenvalue weighted by atomic mass is 10.0. The van der Waals surface area contributed by atoms with Crippen LogP contribution in [0.3, 0.4) is 0 Å². The molecule has 0 bridgehead atoms. The van der Waals surface area contributed by atoms with Crippen LogP contribution >= 0.6 is 11.6 Å². The predicted octanol–water partition coefficient (Wildman–Crippen LogP) is 3.34. The molecule has 1 aromatic rings. The van der Waals surface area contributed by atoms with Crippen LogP contribution in [0.25, 0.3) is 0 Å². The van der Waals surface area contributed by atoms with E-state index >= 15 is 0 Å². The van der Waals surface area contributed by atoms with Gasteiger partial charge in [-0.05, 0) is 30.0 Å². The average molecular weight is 226 g/mol. The van der Waals surface area contributed by atoms with Crippen molar-refractivity contribution in [2.24, 2.45) is 5.92 Å². The molecule has 0 aliphatic heterocycles. The average Bonchev–Trinajstić information content (AvgIpc) is 2.21. The maximum atomic E-state index is 8.99.